The number of hydrogen-bond acceptors (Lipinski definition) is 2. The highest BCUT2D eigenvalue weighted by Gasteiger charge is 2.09. The first-order valence-electron chi connectivity index (χ1n) is 8.25. The number of benzene rings is 1. The number of nitrogens with zero attached hydrogens (tertiary/aromatic N) is 2. The summed E-state index contributed by atoms with van der Waals surface area (Å²) in [6, 6.07) is 3.29. The van der Waals surface area contributed by atoms with Crippen LogP contribution in [-0.2, 0) is 11.3 Å². The fraction of sp³-hybridized carbons (Fsp3) is 0.529. The molecule has 0 bridgehead atoms. The predicted molar refractivity (Wildman–Crippen MR) is 91.7 cm³/mol. The van der Waals surface area contributed by atoms with Crippen molar-refractivity contribution < 1.29 is 13.6 Å². The van der Waals surface area contributed by atoms with Crippen molar-refractivity contribution in [3.63, 3.8) is 0 Å². The normalized spacial score (nSPS) is 11.3. The molecule has 0 aromatic heterocycles. The van der Waals surface area contributed by atoms with Gasteiger partial charge in [-0.05, 0) is 39.0 Å². The van der Waals surface area contributed by atoms with E-state index in [1.54, 1.807) is 4.90 Å². The van der Waals surface area contributed by atoms with Gasteiger partial charge in [0.2, 0.25) is 5.91 Å². The van der Waals surface area contributed by atoms with E-state index in [1.165, 1.54) is 0 Å². The van der Waals surface area contributed by atoms with Gasteiger partial charge in [-0.3, -0.25) is 4.79 Å². The van der Waals surface area contributed by atoms with Crippen molar-refractivity contribution in [3.05, 3.63) is 35.4 Å². The Kier molecular flexibility index (Phi) is 8.75. The third-order valence-corrected chi connectivity index (χ3v) is 3.51. The van der Waals surface area contributed by atoms with E-state index in [4.69, 9.17) is 0 Å². The average Bonchev–Trinajstić information content (AvgIpc) is 2.56. The van der Waals surface area contributed by atoms with Crippen molar-refractivity contribution >= 4 is 11.9 Å². The summed E-state index contributed by atoms with van der Waals surface area (Å²) < 4.78 is 26.8. The molecular weight excluding hydrogens is 314 g/mol. The molecule has 5 nitrogen and oxygen atoms in total. The lowest BCUT2D eigenvalue weighted by atomic mass is 10.2. The highest BCUT2D eigenvalue weighted by molar-refractivity contribution is 5.81. The molecule has 24 heavy (non-hydrogen) atoms. The van der Waals surface area contributed by atoms with Gasteiger partial charge >= 0.3 is 0 Å². The highest BCUT2D eigenvalue weighted by atomic mass is 19.1. The third kappa shape index (κ3) is 6.52. The third-order valence-electron chi connectivity index (χ3n) is 3.51. The van der Waals surface area contributed by atoms with Crippen LogP contribution in [0.3, 0.4) is 0 Å². The standard InChI is InChI=1S/C17H26F2N4O/c1-4-20-17(21-10-9-16(24)23(5-2)6-3)22-12-13-11-14(18)7-8-15(13)19/h7-8,11H,4-6,9-10,12H2,1-3H3,(H2,20,21,22). The maximum atomic E-state index is 13.6. The van der Waals surface area contributed by atoms with Crippen LogP contribution in [0.15, 0.2) is 23.2 Å². The molecule has 0 radical (unpaired) electrons. The maximum absolute atomic E-state index is 13.6. The van der Waals surface area contributed by atoms with Gasteiger partial charge in [0.25, 0.3) is 0 Å². The minimum Gasteiger partial charge on any atom is -0.357 e. The van der Waals surface area contributed by atoms with E-state index in [2.05, 4.69) is 15.6 Å². The van der Waals surface area contributed by atoms with Crippen LogP contribution in [0.4, 0.5) is 8.78 Å². The number of guanidine groups is 1. The second kappa shape index (κ2) is 10.6. The van der Waals surface area contributed by atoms with Crippen molar-refractivity contribution in [2.75, 3.05) is 26.2 Å². The molecule has 0 heterocycles. The van der Waals surface area contributed by atoms with Crippen molar-refractivity contribution in [2.45, 2.75) is 33.7 Å². The van der Waals surface area contributed by atoms with Crippen LogP contribution in [0, 0.1) is 11.6 Å². The Morgan fingerprint density at radius 3 is 2.50 bits per heavy atom. The van der Waals surface area contributed by atoms with Crippen LogP contribution in [0.1, 0.15) is 32.8 Å². The number of nitrogens with one attached hydrogen (secondary N) is 2. The first-order chi connectivity index (χ1) is 11.5. The summed E-state index contributed by atoms with van der Waals surface area (Å²) in [5, 5.41) is 6.05. The molecule has 1 aromatic carbocycles. The second-order valence-corrected chi connectivity index (χ2v) is 5.17. The summed E-state index contributed by atoms with van der Waals surface area (Å²) in [5.74, 6) is -0.454. The Bertz CT molecular complexity index is 560. The Morgan fingerprint density at radius 2 is 1.88 bits per heavy atom. The van der Waals surface area contributed by atoms with Gasteiger partial charge in [0.15, 0.2) is 5.96 Å². The van der Waals surface area contributed by atoms with E-state index < -0.39 is 11.6 Å². The lowest BCUT2D eigenvalue weighted by molar-refractivity contribution is -0.130. The topological polar surface area (TPSA) is 56.7 Å². The molecule has 0 unspecified atom stereocenters. The van der Waals surface area contributed by atoms with Gasteiger partial charge in [0.05, 0.1) is 6.54 Å². The van der Waals surface area contributed by atoms with E-state index >= 15 is 0 Å². The first kappa shape index (κ1) is 19.9. The quantitative estimate of drug-likeness (QED) is 0.564. The molecule has 0 aliphatic carbocycles. The Labute approximate surface area is 142 Å². The molecule has 1 aromatic rings. The van der Waals surface area contributed by atoms with Gasteiger partial charge in [-0.1, -0.05) is 0 Å². The Hall–Kier alpha value is -2.18. The smallest absolute Gasteiger partial charge is 0.224 e. The zero-order valence-electron chi connectivity index (χ0n) is 14.5. The monoisotopic (exact) mass is 340 g/mol. The average molecular weight is 340 g/mol. The van der Waals surface area contributed by atoms with Crippen LogP contribution in [0.25, 0.3) is 0 Å². The zero-order valence-corrected chi connectivity index (χ0v) is 14.5. The first-order valence-corrected chi connectivity index (χ1v) is 8.25. The number of aliphatic imine (C=N–C) groups is 1. The van der Waals surface area contributed by atoms with E-state index in [1.807, 2.05) is 20.8 Å². The summed E-state index contributed by atoms with van der Waals surface area (Å²) in [6.45, 7) is 8.21. The summed E-state index contributed by atoms with van der Waals surface area (Å²) in [5.41, 5.74) is 0.187. The molecule has 0 fully saturated rings. The second-order valence-electron chi connectivity index (χ2n) is 5.17. The predicted octanol–water partition coefficient (Wildman–Crippen LogP) is 2.28. The lowest BCUT2D eigenvalue weighted by Crippen LogP contribution is -2.40. The van der Waals surface area contributed by atoms with Gasteiger partial charge < -0.3 is 15.5 Å². The van der Waals surface area contributed by atoms with Crippen molar-refractivity contribution in [1.29, 1.82) is 0 Å². The fourth-order valence-corrected chi connectivity index (χ4v) is 2.19. The molecule has 0 atom stereocenters. The van der Waals surface area contributed by atoms with E-state index in [0.717, 1.165) is 18.2 Å². The summed E-state index contributed by atoms with van der Waals surface area (Å²) >= 11 is 0. The molecule has 0 spiro atoms. The van der Waals surface area contributed by atoms with E-state index in [9.17, 15) is 13.6 Å². The van der Waals surface area contributed by atoms with Gasteiger partial charge in [0, 0.05) is 38.2 Å². The molecule has 1 amide bonds. The number of amides is 1. The van der Waals surface area contributed by atoms with Crippen molar-refractivity contribution in [1.82, 2.24) is 15.5 Å². The molecule has 0 saturated carbocycles. The number of hydrogen-bond donors (Lipinski definition) is 2. The Morgan fingerprint density at radius 1 is 1.17 bits per heavy atom. The minimum atomic E-state index is -0.496. The number of halogens is 2. The maximum Gasteiger partial charge on any atom is 0.224 e. The largest absolute Gasteiger partial charge is 0.357 e. The molecule has 134 valence electrons. The molecule has 0 saturated heterocycles. The molecule has 2 N–H and O–H groups in total. The molecule has 0 aliphatic heterocycles. The van der Waals surface area contributed by atoms with Crippen LogP contribution < -0.4 is 10.6 Å². The van der Waals surface area contributed by atoms with Gasteiger partial charge in [-0.25, -0.2) is 13.8 Å². The summed E-state index contributed by atoms with van der Waals surface area (Å²) in [6.07, 6.45) is 0.348. The summed E-state index contributed by atoms with van der Waals surface area (Å²) in [7, 11) is 0. The van der Waals surface area contributed by atoms with Gasteiger partial charge in [-0.2, -0.15) is 0 Å². The number of carbonyl (C=O) groups is 1. The fourth-order valence-electron chi connectivity index (χ4n) is 2.19. The summed E-state index contributed by atoms with van der Waals surface area (Å²) in [4.78, 5) is 17.9. The van der Waals surface area contributed by atoms with Crippen LogP contribution in [-0.4, -0.2) is 42.9 Å². The van der Waals surface area contributed by atoms with Crippen LogP contribution in [0.2, 0.25) is 0 Å². The molecular formula is C17H26F2N4O. The van der Waals surface area contributed by atoms with Gasteiger partial charge in [0.1, 0.15) is 11.6 Å². The lowest BCUT2D eigenvalue weighted by Gasteiger charge is -2.19. The van der Waals surface area contributed by atoms with Crippen LogP contribution in [0.5, 0.6) is 0 Å². The van der Waals surface area contributed by atoms with Gasteiger partial charge in [-0.15, -0.1) is 0 Å². The van der Waals surface area contributed by atoms with Crippen molar-refractivity contribution in [3.8, 4) is 0 Å². The van der Waals surface area contributed by atoms with E-state index in [0.29, 0.717) is 38.6 Å². The molecule has 7 heteroatoms. The molecule has 0 aliphatic rings. The zero-order chi connectivity index (χ0) is 17.9. The minimum absolute atomic E-state index is 0.0168. The Balaban J connectivity index is 2.60. The SMILES string of the molecule is CCNC(=NCc1cc(F)ccc1F)NCCC(=O)N(CC)CC. The highest BCUT2D eigenvalue weighted by Crippen LogP contribution is 2.10. The van der Waals surface area contributed by atoms with Crippen molar-refractivity contribution in [2.24, 2.45) is 4.99 Å². The van der Waals surface area contributed by atoms with Crippen LogP contribution >= 0.6 is 0 Å². The number of carbonyl (C=O) groups excluding carboxylic acids is 1. The molecule has 1 rings (SSSR count). The number of rotatable bonds is 8. The van der Waals surface area contributed by atoms with E-state index in [-0.39, 0.29) is 18.0 Å².